The number of anilines is 1. The summed E-state index contributed by atoms with van der Waals surface area (Å²) < 4.78 is 13.5. The Kier molecular flexibility index (Phi) is 8.66. The minimum atomic E-state index is -2.97. The average molecular weight is 666 g/mol. The van der Waals surface area contributed by atoms with Gasteiger partial charge >= 0.3 is 0 Å². The number of fused-ring (bicyclic) bond motifs is 2. The number of aromatic nitrogens is 1. The number of hydrogen-bond acceptors (Lipinski definition) is 7. The summed E-state index contributed by atoms with van der Waals surface area (Å²) in [4.78, 5) is 55.9. The average Bonchev–Trinajstić information content (AvgIpc) is 3.68. The molecule has 0 unspecified atom stereocenters. The fraction of sp³-hybridized carbons (Fsp3) is 0.441. The molecule has 0 radical (unpaired) electrons. The highest BCUT2D eigenvalue weighted by atomic mass is 35.5. The van der Waals surface area contributed by atoms with Crippen LogP contribution in [0.15, 0.2) is 65.6 Å². The van der Waals surface area contributed by atoms with Gasteiger partial charge in [-0.1, -0.05) is 30.7 Å². The molecule has 3 aliphatic rings. The van der Waals surface area contributed by atoms with Crippen molar-refractivity contribution in [3.05, 3.63) is 87.3 Å². The van der Waals surface area contributed by atoms with Crippen molar-refractivity contribution in [2.45, 2.75) is 69.1 Å². The number of methoxy groups -OCH3 is 1. The van der Waals surface area contributed by atoms with E-state index in [-0.39, 0.29) is 48.7 Å². The molecule has 4 heterocycles. The Morgan fingerprint density at radius 1 is 1.15 bits per heavy atom. The van der Waals surface area contributed by atoms with E-state index in [1.807, 2.05) is 50.3 Å². The molecule has 12 heteroatoms. The van der Waals surface area contributed by atoms with Gasteiger partial charge in [-0.3, -0.25) is 19.0 Å². The molecule has 46 heavy (non-hydrogen) atoms. The molecule has 10 nitrogen and oxygen atoms in total. The number of pyridine rings is 1. The number of aliphatic hydroxyl groups is 1. The van der Waals surface area contributed by atoms with Gasteiger partial charge in [0.1, 0.15) is 0 Å². The molecule has 0 bridgehead atoms. The lowest BCUT2D eigenvalue weighted by atomic mass is 9.82. The second kappa shape index (κ2) is 12.3. The Labute approximate surface area is 274 Å². The summed E-state index contributed by atoms with van der Waals surface area (Å²) in [5.41, 5.74) is 0.662. The number of likely N-dealkylation sites (tertiary alicyclic amines) is 1. The zero-order valence-electron chi connectivity index (χ0n) is 26.5. The third kappa shape index (κ3) is 5.37. The Morgan fingerprint density at radius 2 is 1.89 bits per heavy atom. The normalized spacial score (nSPS) is 25.8. The maximum absolute atomic E-state index is 14.7. The van der Waals surface area contributed by atoms with Crippen molar-refractivity contribution in [3.8, 4) is 11.4 Å². The molecule has 3 aromatic rings. The van der Waals surface area contributed by atoms with Crippen LogP contribution in [0.4, 0.5) is 5.69 Å². The lowest BCUT2D eigenvalue weighted by Crippen LogP contribution is -2.46. The minimum Gasteiger partial charge on any atom is -0.491 e. The summed E-state index contributed by atoms with van der Waals surface area (Å²) >= 11 is 6.52. The zero-order valence-corrected chi connectivity index (χ0v) is 28.2. The van der Waals surface area contributed by atoms with Crippen LogP contribution >= 0.6 is 11.6 Å². The minimum absolute atomic E-state index is 0.0124. The largest absolute Gasteiger partial charge is 0.491 e. The van der Waals surface area contributed by atoms with Crippen LogP contribution in [0, 0.1) is 5.92 Å². The van der Waals surface area contributed by atoms with Gasteiger partial charge in [0.2, 0.25) is 5.91 Å². The number of carbonyl (C=O) groups is 2. The number of hydrogen-bond donors (Lipinski definition) is 2. The second-order valence-corrected chi connectivity index (χ2v) is 17.5. The van der Waals surface area contributed by atoms with Crippen LogP contribution in [-0.4, -0.2) is 71.9 Å². The van der Waals surface area contributed by atoms with Crippen molar-refractivity contribution < 1.29 is 29.0 Å². The second-order valence-electron chi connectivity index (χ2n) is 13.1. The molecule has 0 aliphatic carbocycles. The van der Waals surface area contributed by atoms with E-state index in [0.29, 0.717) is 28.5 Å². The third-order valence-corrected chi connectivity index (χ3v) is 12.7. The first-order valence-corrected chi connectivity index (χ1v) is 19.1. The maximum atomic E-state index is 14.7. The Morgan fingerprint density at radius 3 is 2.57 bits per heavy atom. The third-order valence-electron chi connectivity index (χ3n) is 9.92. The van der Waals surface area contributed by atoms with E-state index >= 15 is 0 Å². The molecule has 2 fully saturated rings. The summed E-state index contributed by atoms with van der Waals surface area (Å²) in [5, 5.41) is 10.3. The summed E-state index contributed by atoms with van der Waals surface area (Å²) in [5.74, 6) is -0.612. The van der Waals surface area contributed by atoms with Crippen molar-refractivity contribution >= 4 is 37.4 Å². The van der Waals surface area contributed by atoms with Crippen LogP contribution in [0.2, 0.25) is 23.7 Å². The van der Waals surface area contributed by atoms with Gasteiger partial charge < -0.3 is 29.2 Å². The number of nitrogens with zero attached hydrogens (tertiary/aromatic N) is 3. The number of ether oxygens (including phenoxy) is 2. The Bertz CT molecular complexity index is 1710. The van der Waals surface area contributed by atoms with Crippen LogP contribution < -0.4 is 15.2 Å². The summed E-state index contributed by atoms with van der Waals surface area (Å²) in [6.45, 7) is 6.28. The zero-order chi connectivity index (χ0) is 33.0. The predicted molar refractivity (Wildman–Crippen MR) is 177 cm³/mol. The predicted octanol–water partition coefficient (Wildman–Crippen LogP) is 4.22. The van der Waals surface area contributed by atoms with Crippen LogP contribution in [0.5, 0.6) is 5.75 Å². The smallest absolute Gasteiger partial charge is 0.297 e. The van der Waals surface area contributed by atoms with Gasteiger partial charge in [-0.05, 0) is 74.0 Å². The molecule has 2 amide bonds. The van der Waals surface area contributed by atoms with E-state index in [0.717, 1.165) is 18.4 Å². The van der Waals surface area contributed by atoms with Crippen molar-refractivity contribution in [2.75, 3.05) is 25.2 Å². The van der Waals surface area contributed by atoms with Crippen LogP contribution in [0.25, 0.3) is 5.69 Å². The molecular weight excluding hydrogens is 626 g/mol. The highest BCUT2D eigenvalue weighted by Crippen LogP contribution is 2.60. The molecule has 1 aromatic heterocycles. The molecule has 1 spiro atoms. The van der Waals surface area contributed by atoms with Crippen molar-refractivity contribution in [3.63, 3.8) is 0 Å². The van der Waals surface area contributed by atoms with Crippen molar-refractivity contribution in [1.29, 1.82) is 0 Å². The maximum Gasteiger partial charge on any atom is 0.297 e. The lowest BCUT2D eigenvalue weighted by Gasteiger charge is -2.32. The topological polar surface area (TPSA) is 122 Å². The van der Waals surface area contributed by atoms with Gasteiger partial charge in [0.25, 0.3) is 11.5 Å². The van der Waals surface area contributed by atoms with Gasteiger partial charge in [0.15, 0.2) is 19.7 Å². The molecule has 5 atom stereocenters. The standard InChI is InChI=1S/C34H40ClN3O7Si/c1-21-31(46(3,4)43)29(18-30(40)36-15-5-7-25(36)20-39)45-34(21)26-17-23(35)11-14-27(26)38(33(34)42)19-22-9-12-24(13-10-22)37-16-6-8-28(44-2)32(37)41/h6,8-14,16-17,21,25,29,31,39,43H,5,7,15,18-20H2,1-4H3/t21-,25-,29+,31-,34+/m0/s1. The molecule has 0 saturated carbocycles. The number of benzene rings is 2. The van der Waals surface area contributed by atoms with E-state index in [2.05, 4.69) is 0 Å². The van der Waals surface area contributed by atoms with E-state index in [4.69, 9.17) is 21.1 Å². The quantitative estimate of drug-likeness (QED) is 0.346. The summed E-state index contributed by atoms with van der Waals surface area (Å²) in [6.07, 6.45) is 2.56. The number of carbonyl (C=O) groups excluding carboxylic acids is 2. The number of aliphatic hydroxyl groups excluding tert-OH is 1. The van der Waals surface area contributed by atoms with Crippen LogP contribution in [-0.2, 0) is 26.5 Å². The van der Waals surface area contributed by atoms with Gasteiger partial charge in [-0.2, -0.15) is 0 Å². The molecular formula is C34H40ClN3O7Si. The molecule has 2 aromatic carbocycles. The fourth-order valence-electron chi connectivity index (χ4n) is 7.83. The van der Waals surface area contributed by atoms with Gasteiger partial charge in [-0.25, -0.2) is 0 Å². The van der Waals surface area contributed by atoms with Crippen LogP contribution in [0.3, 0.4) is 0 Å². The molecule has 3 aliphatic heterocycles. The van der Waals surface area contributed by atoms with Crippen molar-refractivity contribution in [1.82, 2.24) is 9.47 Å². The first-order chi connectivity index (χ1) is 21.9. The Hall–Kier alpha value is -3.48. The number of rotatable bonds is 8. The monoisotopic (exact) mass is 665 g/mol. The fourth-order valence-corrected chi connectivity index (χ4v) is 10.6. The first kappa shape index (κ1) is 32.5. The van der Waals surface area contributed by atoms with E-state index in [1.165, 1.54) is 11.7 Å². The molecule has 2 N–H and O–H groups in total. The van der Waals surface area contributed by atoms with Gasteiger partial charge in [0, 0.05) is 40.5 Å². The van der Waals surface area contributed by atoms with E-state index in [1.54, 1.807) is 40.3 Å². The number of halogens is 1. The van der Waals surface area contributed by atoms with Gasteiger partial charge in [0.05, 0.1) is 44.5 Å². The molecule has 2 saturated heterocycles. The van der Waals surface area contributed by atoms with E-state index in [9.17, 15) is 24.3 Å². The highest BCUT2D eigenvalue weighted by molar-refractivity contribution is 6.71. The lowest BCUT2D eigenvalue weighted by molar-refractivity contribution is -0.150. The highest BCUT2D eigenvalue weighted by Gasteiger charge is 2.66. The van der Waals surface area contributed by atoms with Crippen molar-refractivity contribution in [2.24, 2.45) is 5.92 Å². The molecule has 244 valence electrons. The van der Waals surface area contributed by atoms with E-state index < -0.39 is 31.5 Å². The van der Waals surface area contributed by atoms with Crippen LogP contribution in [0.1, 0.15) is 37.3 Å². The SMILES string of the molecule is COc1cccn(-c2ccc(CN3C(=O)[C@]4(O[C@H](CC(=O)N5CCC[C@H]5CO)[C@@H]([Si](C)(C)O)[C@@H]4C)c4cc(Cl)ccc43)cc2)c1=O. The summed E-state index contributed by atoms with van der Waals surface area (Å²) in [6, 6.07) is 15.8. The number of amides is 2. The van der Waals surface area contributed by atoms with Gasteiger partial charge in [-0.15, -0.1) is 0 Å². The first-order valence-electron chi connectivity index (χ1n) is 15.7. The Balaban J connectivity index is 1.33. The summed E-state index contributed by atoms with van der Waals surface area (Å²) in [7, 11) is -1.52. The molecule has 6 rings (SSSR count).